The molecule has 2 aromatic heterocycles. The summed E-state index contributed by atoms with van der Waals surface area (Å²) in [6.45, 7) is 6.80. The van der Waals surface area contributed by atoms with Crippen molar-refractivity contribution in [2.75, 3.05) is 18.9 Å². The van der Waals surface area contributed by atoms with Gasteiger partial charge in [0, 0.05) is 18.9 Å². The molecule has 0 unspecified atom stereocenters. The average Bonchev–Trinajstić information content (AvgIpc) is 3.22. The molecule has 2 atom stereocenters. The van der Waals surface area contributed by atoms with Crippen LogP contribution in [0.1, 0.15) is 78.6 Å². The minimum Gasteiger partial charge on any atom is -0.466 e. The van der Waals surface area contributed by atoms with Gasteiger partial charge in [-0.15, -0.1) is 0 Å². The van der Waals surface area contributed by atoms with E-state index in [4.69, 9.17) is 20.9 Å². The van der Waals surface area contributed by atoms with Gasteiger partial charge < -0.3 is 25.5 Å². The Balaban J connectivity index is 1.86. The van der Waals surface area contributed by atoms with Crippen LogP contribution in [0.3, 0.4) is 0 Å². The maximum atomic E-state index is 12.3. The monoisotopic (exact) mass is 490 g/mol. The van der Waals surface area contributed by atoms with Gasteiger partial charge in [-0.05, 0) is 18.8 Å². The fourth-order valence-electron chi connectivity index (χ4n) is 3.71. The highest BCUT2D eigenvalue weighted by Gasteiger charge is 2.22. The van der Waals surface area contributed by atoms with Gasteiger partial charge in [0.25, 0.3) is 0 Å². The van der Waals surface area contributed by atoms with Crippen LogP contribution in [-0.4, -0.2) is 50.7 Å². The highest BCUT2D eigenvalue weighted by Crippen LogP contribution is 2.16. The standard InChI is InChI=1S/C25H42N6O4/c1-4-5-6-7-8-9-10-11-21(32)34-13-12-19(16-35-24(33)22(26)18(2)3)15-31-17-29-20-14-28-25(27)30-23(20)31/h14,17-19,22H,4-13,15-16,26H2,1-3H3,(H2,27,28,30)/t19-,22+/m1/s1. The predicted molar refractivity (Wildman–Crippen MR) is 135 cm³/mol. The zero-order valence-electron chi connectivity index (χ0n) is 21.4. The molecule has 10 nitrogen and oxygen atoms in total. The van der Waals surface area contributed by atoms with Crippen molar-refractivity contribution in [1.82, 2.24) is 19.5 Å². The molecule has 0 amide bonds. The smallest absolute Gasteiger partial charge is 0.323 e. The van der Waals surface area contributed by atoms with Crippen LogP contribution >= 0.6 is 0 Å². The van der Waals surface area contributed by atoms with Crippen LogP contribution in [0.5, 0.6) is 0 Å². The highest BCUT2D eigenvalue weighted by molar-refractivity contribution is 5.75. The Morgan fingerprint density at radius 2 is 1.77 bits per heavy atom. The molecule has 35 heavy (non-hydrogen) atoms. The number of fused-ring (bicyclic) bond motifs is 1. The molecule has 10 heteroatoms. The number of esters is 2. The van der Waals surface area contributed by atoms with Gasteiger partial charge >= 0.3 is 11.9 Å². The maximum absolute atomic E-state index is 12.3. The van der Waals surface area contributed by atoms with E-state index in [0.29, 0.717) is 30.6 Å². The molecule has 2 aromatic rings. The molecule has 4 N–H and O–H groups in total. The third-order valence-corrected chi connectivity index (χ3v) is 6.06. The van der Waals surface area contributed by atoms with Crippen molar-refractivity contribution in [3.8, 4) is 0 Å². The van der Waals surface area contributed by atoms with E-state index in [1.54, 1.807) is 12.5 Å². The first-order valence-electron chi connectivity index (χ1n) is 12.8. The fourth-order valence-corrected chi connectivity index (χ4v) is 3.71. The van der Waals surface area contributed by atoms with E-state index in [1.807, 2.05) is 18.4 Å². The van der Waals surface area contributed by atoms with E-state index in [9.17, 15) is 9.59 Å². The number of unbranched alkanes of at least 4 members (excludes halogenated alkanes) is 6. The van der Waals surface area contributed by atoms with Crippen LogP contribution in [-0.2, 0) is 25.6 Å². The molecule has 196 valence electrons. The summed E-state index contributed by atoms with van der Waals surface area (Å²) in [6, 6.07) is -0.683. The molecule has 0 saturated carbocycles. The molecule has 0 aliphatic carbocycles. The van der Waals surface area contributed by atoms with Gasteiger partial charge in [-0.3, -0.25) is 9.59 Å². The summed E-state index contributed by atoms with van der Waals surface area (Å²) in [5, 5.41) is 0. The topological polar surface area (TPSA) is 148 Å². The fraction of sp³-hybridized carbons (Fsp3) is 0.720. The summed E-state index contributed by atoms with van der Waals surface area (Å²) in [5.74, 6) is -0.624. The van der Waals surface area contributed by atoms with E-state index >= 15 is 0 Å². The number of nitrogen functional groups attached to an aromatic ring is 1. The molecule has 0 spiro atoms. The molecule has 0 fully saturated rings. The van der Waals surface area contributed by atoms with Crippen LogP contribution < -0.4 is 11.5 Å². The van der Waals surface area contributed by atoms with E-state index in [1.165, 1.54) is 25.7 Å². The predicted octanol–water partition coefficient (Wildman–Crippen LogP) is 3.63. The van der Waals surface area contributed by atoms with Gasteiger partial charge in [0.1, 0.15) is 11.6 Å². The number of nitrogens with zero attached hydrogens (tertiary/aromatic N) is 4. The normalized spacial score (nSPS) is 13.2. The van der Waals surface area contributed by atoms with Crippen LogP contribution in [0.25, 0.3) is 11.2 Å². The second-order valence-electron chi connectivity index (χ2n) is 9.48. The second kappa shape index (κ2) is 15.3. The molecule has 0 saturated heterocycles. The van der Waals surface area contributed by atoms with Gasteiger partial charge in [-0.1, -0.05) is 59.3 Å². The zero-order chi connectivity index (χ0) is 25.6. The van der Waals surface area contributed by atoms with E-state index in [0.717, 1.165) is 19.3 Å². The molecule has 2 rings (SSSR count). The number of rotatable bonds is 17. The summed E-state index contributed by atoms with van der Waals surface area (Å²) < 4.78 is 12.8. The Kier molecular flexibility index (Phi) is 12.4. The molecule has 0 aliphatic heterocycles. The molecular weight excluding hydrogens is 448 g/mol. The van der Waals surface area contributed by atoms with Crippen LogP contribution in [0, 0.1) is 11.8 Å². The van der Waals surface area contributed by atoms with Crippen LogP contribution in [0.2, 0.25) is 0 Å². The van der Waals surface area contributed by atoms with Crippen molar-refractivity contribution < 1.29 is 19.1 Å². The number of nitrogens with two attached hydrogens (primary N) is 2. The first-order chi connectivity index (χ1) is 16.8. The SMILES string of the molecule is CCCCCCCCCC(=O)OCC[C@@H](COC(=O)[C@@H](N)C(C)C)Cn1cnc2cnc(N)nc21. The van der Waals surface area contributed by atoms with E-state index in [2.05, 4.69) is 21.9 Å². The van der Waals surface area contributed by atoms with Crippen LogP contribution in [0.4, 0.5) is 5.95 Å². The van der Waals surface area contributed by atoms with Crippen molar-refractivity contribution in [1.29, 1.82) is 0 Å². The zero-order valence-corrected chi connectivity index (χ0v) is 21.4. The third-order valence-electron chi connectivity index (χ3n) is 6.06. The third kappa shape index (κ3) is 10.2. The first-order valence-corrected chi connectivity index (χ1v) is 12.8. The minimum absolute atomic E-state index is 0.0224. The maximum Gasteiger partial charge on any atom is 0.323 e. The average molecular weight is 491 g/mol. The number of anilines is 1. The van der Waals surface area contributed by atoms with Crippen molar-refractivity contribution in [2.45, 2.75) is 91.1 Å². The lowest BCUT2D eigenvalue weighted by Gasteiger charge is -2.20. The Hall–Kier alpha value is -2.75. The van der Waals surface area contributed by atoms with Crippen molar-refractivity contribution in [3.05, 3.63) is 12.5 Å². The quantitative estimate of drug-likeness (QED) is 0.250. The molecule has 0 radical (unpaired) electrons. The summed E-state index contributed by atoms with van der Waals surface area (Å²) in [5.41, 5.74) is 12.9. The number of hydrogen-bond acceptors (Lipinski definition) is 9. The Morgan fingerprint density at radius 3 is 2.49 bits per heavy atom. The largest absolute Gasteiger partial charge is 0.466 e. The first kappa shape index (κ1) is 28.5. The lowest BCUT2D eigenvalue weighted by atomic mass is 10.1. The number of imidazole rings is 1. The van der Waals surface area contributed by atoms with Gasteiger partial charge in [0.15, 0.2) is 5.65 Å². The number of hydrogen-bond donors (Lipinski definition) is 2. The second-order valence-corrected chi connectivity index (χ2v) is 9.48. The van der Waals surface area contributed by atoms with Gasteiger partial charge in [-0.25, -0.2) is 9.97 Å². The van der Waals surface area contributed by atoms with E-state index < -0.39 is 12.0 Å². The van der Waals surface area contributed by atoms with Gasteiger partial charge in [0.2, 0.25) is 5.95 Å². The van der Waals surface area contributed by atoms with Crippen LogP contribution in [0.15, 0.2) is 12.5 Å². The number of carbonyl (C=O) groups is 2. The Bertz CT molecular complexity index is 916. The highest BCUT2D eigenvalue weighted by atomic mass is 16.5. The molecule has 0 aliphatic rings. The minimum atomic E-state index is -0.683. The Labute approximate surface area is 208 Å². The van der Waals surface area contributed by atoms with Crippen molar-refractivity contribution in [2.24, 2.45) is 17.6 Å². The molecular formula is C25H42N6O4. The summed E-state index contributed by atoms with van der Waals surface area (Å²) in [7, 11) is 0. The van der Waals surface area contributed by atoms with Crippen molar-refractivity contribution in [3.63, 3.8) is 0 Å². The van der Waals surface area contributed by atoms with E-state index in [-0.39, 0.29) is 37.0 Å². The Morgan fingerprint density at radius 1 is 1.06 bits per heavy atom. The van der Waals surface area contributed by atoms with Gasteiger partial charge in [-0.2, -0.15) is 4.98 Å². The lowest BCUT2D eigenvalue weighted by Crippen LogP contribution is -2.38. The summed E-state index contributed by atoms with van der Waals surface area (Å²) >= 11 is 0. The molecule has 0 bridgehead atoms. The lowest BCUT2D eigenvalue weighted by molar-refractivity contribution is -0.149. The summed E-state index contributed by atoms with van der Waals surface area (Å²) in [6.07, 6.45) is 12.2. The molecule has 0 aromatic carbocycles. The number of aromatic nitrogens is 4. The summed E-state index contributed by atoms with van der Waals surface area (Å²) in [4.78, 5) is 36.9. The van der Waals surface area contributed by atoms with Crippen molar-refractivity contribution >= 4 is 29.1 Å². The number of carbonyl (C=O) groups excluding carboxylic acids is 2. The van der Waals surface area contributed by atoms with Gasteiger partial charge in [0.05, 0.1) is 25.7 Å². The molecule has 2 heterocycles. The number of ether oxygens (including phenoxy) is 2.